The van der Waals surface area contributed by atoms with E-state index in [9.17, 15) is 30.3 Å². The number of aliphatic hydroxyl groups is 4. The zero-order chi connectivity index (χ0) is 17.9. The molecular weight excluding hydrogens is 324 g/mol. The normalized spacial score (nSPS) is 30.4. The summed E-state index contributed by atoms with van der Waals surface area (Å²) in [6, 6.07) is 3.89. The van der Waals surface area contributed by atoms with Crippen LogP contribution in [-0.2, 0) is 14.3 Å². The summed E-state index contributed by atoms with van der Waals surface area (Å²) < 4.78 is 9.87. The minimum absolute atomic E-state index is 0.309. The standard InChI is InChI=1S/C15H18O9/c16-6-10-12(20)13(21)14(22)15(23-10)24-11(19)4-2-7-1-3-8(17)9(18)5-7/h1-5,10,12-18,20-22H,6H2/b4-2+/t10-,12-,13+,14-,15+/m0/s1. The topological polar surface area (TPSA) is 157 Å². The van der Waals surface area contributed by atoms with E-state index in [0.29, 0.717) is 5.56 Å². The van der Waals surface area contributed by atoms with Crippen molar-refractivity contribution in [2.24, 2.45) is 0 Å². The predicted octanol–water partition coefficient (Wildman–Crippen LogP) is -1.55. The van der Waals surface area contributed by atoms with Gasteiger partial charge in [0.05, 0.1) is 6.61 Å². The summed E-state index contributed by atoms with van der Waals surface area (Å²) in [4.78, 5) is 11.7. The third-order valence-electron chi connectivity index (χ3n) is 3.49. The van der Waals surface area contributed by atoms with Gasteiger partial charge < -0.3 is 40.1 Å². The highest BCUT2D eigenvalue weighted by Gasteiger charge is 2.45. The van der Waals surface area contributed by atoms with Gasteiger partial charge in [-0.15, -0.1) is 0 Å². The number of benzene rings is 1. The smallest absolute Gasteiger partial charge is 0.333 e. The van der Waals surface area contributed by atoms with Crippen LogP contribution in [0, 0.1) is 0 Å². The van der Waals surface area contributed by atoms with Crippen molar-refractivity contribution in [3.63, 3.8) is 0 Å². The third-order valence-corrected chi connectivity index (χ3v) is 3.49. The fourth-order valence-corrected chi connectivity index (χ4v) is 2.13. The molecule has 1 fully saturated rings. The molecule has 1 saturated heterocycles. The zero-order valence-electron chi connectivity index (χ0n) is 12.4. The largest absolute Gasteiger partial charge is 0.504 e. The number of carbonyl (C=O) groups excluding carboxylic acids is 1. The molecule has 24 heavy (non-hydrogen) atoms. The molecule has 0 radical (unpaired) electrons. The van der Waals surface area contributed by atoms with E-state index in [1.54, 1.807) is 0 Å². The van der Waals surface area contributed by atoms with E-state index in [0.717, 1.165) is 6.08 Å². The lowest BCUT2D eigenvalue weighted by Gasteiger charge is -2.38. The van der Waals surface area contributed by atoms with Gasteiger partial charge in [0, 0.05) is 6.08 Å². The lowest BCUT2D eigenvalue weighted by Crippen LogP contribution is -2.59. The number of phenolic OH excluding ortho intramolecular Hbond substituents is 2. The van der Waals surface area contributed by atoms with Gasteiger partial charge in [0.2, 0.25) is 6.29 Å². The molecule has 0 aliphatic carbocycles. The van der Waals surface area contributed by atoms with E-state index in [1.807, 2.05) is 0 Å². The van der Waals surface area contributed by atoms with Crippen molar-refractivity contribution in [2.75, 3.05) is 6.61 Å². The average Bonchev–Trinajstić information content (AvgIpc) is 2.56. The second kappa shape index (κ2) is 7.60. The summed E-state index contributed by atoms with van der Waals surface area (Å²) in [6.45, 7) is -0.637. The number of phenols is 2. The number of esters is 1. The van der Waals surface area contributed by atoms with Gasteiger partial charge in [-0.25, -0.2) is 4.79 Å². The van der Waals surface area contributed by atoms with E-state index in [2.05, 4.69) is 0 Å². The summed E-state index contributed by atoms with van der Waals surface area (Å²) in [5.74, 6) is -1.60. The van der Waals surface area contributed by atoms with Crippen LogP contribution in [0.15, 0.2) is 24.3 Å². The van der Waals surface area contributed by atoms with Crippen molar-refractivity contribution >= 4 is 12.0 Å². The van der Waals surface area contributed by atoms with Crippen LogP contribution >= 0.6 is 0 Å². The predicted molar refractivity (Wildman–Crippen MR) is 78.7 cm³/mol. The lowest BCUT2D eigenvalue weighted by atomic mass is 9.99. The van der Waals surface area contributed by atoms with E-state index >= 15 is 0 Å². The second-order valence-electron chi connectivity index (χ2n) is 5.22. The molecule has 0 saturated carbocycles. The molecule has 1 aromatic rings. The first-order valence-corrected chi connectivity index (χ1v) is 7.04. The number of hydrogen-bond donors (Lipinski definition) is 6. The molecule has 0 aromatic heterocycles. The number of carbonyl (C=O) groups is 1. The molecule has 1 heterocycles. The van der Waals surface area contributed by atoms with Gasteiger partial charge in [-0.05, 0) is 23.8 Å². The fourth-order valence-electron chi connectivity index (χ4n) is 2.13. The quantitative estimate of drug-likeness (QED) is 0.217. The Balaban J connectivity index is 2.00. The molecular formula is C15H18O9. The molecule has 1 aliphatic heterocycles. The number of aliphatic hydroxyl groups excluding tert-OH is 4. The summed E-state index contributed by atoms with van der Waals surface area (Å²) >= 11 is 0. The van der Waals surface area contributed by atoms with Gasteiger partial charge in [0.25, 0.3) is 0 Å². The molecule has 9 heteroatoms. The summed E-state index contributed by atoms with van der Waals surface area (Å²) in [5, 5.41) is 56.5. The molecule has 9 nitrogen and oxygen atoms in total. The lowest BCUT2D eigenvalue weighted by molar-refractivity contribution is -0.291. The Morgan fingerprint density at radius 1 is 1.12 bits per heavy atom. The minimum atomic E-state index is -1.68. The molecule has 0 bridgehead atoms. The van der Waals surface area contributed by atoms with Crippen LogP contribution in [0.25, 0.3) is 6.08 Å². The number of ether oxygens (including phenoxy) is 2. The monoisotopic (exact) mass is 342 g/mol. The maximum Gasteiger partial charge on any atom is 0.333 e. The van der Waals surface area contributed by atoms with Crippen LogP contribution in [-0.4, -0.2) is 73.9 Å². The first kappa shape index (κ1) is 18.2. The Morgan fingerprint density at radius 2 is 1.83 bits per heavy atom. The second-order valence-corrected chi connectivity index (χ2v) is 5.22. The maximum absolute atomic E-state index is 11.7. The van der Waals surface area contributed by atoms with Gasteiger partial charge in [0.15, 0.2) is 11.5 Å². The van der Waals surface area contributed by atoms with E-state index in [-0.39, 0.29) is 11.5 Å². The summed E-state index contributed by atoms with van der Waals surface area (Å²) in [6.07, 6.45) is -5.36. The molecule has 2 rings (SSSR count). The molecule has 132 valence electrons. The van der Waals surface area contributed by atoms with Gasteiger partial charge >= 0.3 is 5.97 Å². The SMILES string of the molecule is O=C(/C=C/c1ccc(O)c(O)c1)O[C@H]1O[C@@H](CO)[C@H](O)[C@@H](O)[C@@H]1O. The molecule has 0 unspecified atom stereocenters. The van der Waals surface area contributed by atoms with Crippen molar-refractivity contribution in [1.82, 2.24) is 0 Å². The Labute approximate surface area is 136 Å². The van der Waals surface area contributed by atoms with Crippen molar-refractivity contribution in [3.8, 4) is 11.5 Å². The number of hydrogen-bond acceptors (Lipinski definition) is 9. The highest BCUT2D eigenvalue weighted by Crippen LogP contribution is 2.25. The summed E-state index contributed by atoms with van der Waals surface area (Å²) in [5.41, 5.74) is 0.399. The minimum Gasteiger partial charge on any atom is -0.504 e. The highest BCUT2D eigenvalue weighted by molar-refractivity contribution is 5.87. The van der Waals surface area contributed by atoms with Crippen molar-refractivity contribution in [3.05, 3.63) is 29.8 Å². The van der Waals surface area contributed by atoms with Crippen molar-refractivity contribution in [1.29, 1.82) is 0 Å². The van der Waals surface area contributed by atoms with Crippen LogP contribution in [0.4, 0.5) is 0 Å². The van der Waals surface area contributed by atoms with Crippen LogP contribution in [0.3, 0.4) is 0 Å². The third kappa shape index (κ3) is 4.02. The zero-order valence-corrected chi connectivity index (χ0v) is 12.4. The van der Waals surface area contributed by atoms with Crippen LogP contribution in [0.1, 0.15) is 5.56 Å². The highest BCUT2D eigenvalue weighted by atomic mass is 16.7. The van der Waals surface area contributed by atoms with Crippen molar-refractivity contribution < 1.29 is 44.9 Å². The Hall–Kier alpha value is -2.17. The maximum atomic E-state index is 11.7. The van der Waals surface area contributed by atoms with Crippen molar-refractivity contribution in [2.45, 2.75) is 30.7 Å². The molecule has 6 N–H and O–H groups in total. The van der Waals surface area contributed by atoms with E-state index in [1.165, 1.54) is 24.3 Å². The Morgan fingerprint density at radius 3 is 2.46 bits per heavy atom. The Kier molecular flexibility index (Phi) is 5.75. The van der Waals surface area contributed by atoms with Crippen LogP contribution in [0.2, 0.25) is 0 Å². The molecule has 0 amide bonds. The number of rotatable bonds is 4. The average molecular weight is 342 g/mol. The molecule has 0 spiro atoms. The van der Waals surface area contributed by atoms with Gasteiger partial charge in [-0.1, -0.05) is 6.07 Å². The van der Waals surface area contributed by atoms with Crippen LogP contribution in [0.5, 0.6) is 11.5 Å². The number of aromatic hydroxyl groups is 2. The fraction of sp³-hybridized carbons (Fsp3) is 0.400. The summed E-state index contributed by atoms with van der Waals surface area (Å²) in [7, 11) is 0. The van der Waals surface area contributed by atoms with E-state index in [4.69, 9.17) is 14.6 Å². The molecule has 1 aromatic carbocycles. The van der Waals surface area contributed by atoms with E-state index < -0.39 is 43.3 Å². The van der Waals surface area contributed by atoms with Gasteiger partial charge in [-0.2, -0.15) is 0 Å². The first-order valence-electron chi connectivity index (χ1n) is 7.04. The van der Waals surface area contributed by atoms with Gasteiger partial charge in [0.1, 0.15) is 24.4 Å². The van der Waals surface area contributed by atoms with Gasteiger partial charge in [-0.3, -0.25) is 0 Å². The Bertz CT molecular complexity index is 613. The molecule has 5 atom stereocenters. The first-order chi connectivity index (χ1) is 11.3. The molecule has 1 aliphatic rings. The van der Waals surface area contributed by atoms with Crippen LogP contribution < -0.4 is 0 Å².